The third-order valence-corrected chi connectivity index (χ3v) is 5.62. The zero-order valence-electron chi connectivity index (χ0n) is 17.3. The van der Waals surface area contributed by atoms with Gasteiger partial charge in [-0.2, -0.15) is 5.10 Å². The fraction of sp³-hybridized carbons (Fsp3) is 0.391. The Kier molecular flexibility index (Phi) is 5.45. The third kappa shape index (κ3) is 3.88. The van der Waals surface area contributed by atoms with Gasteiger partial charge in [0.2, 0.25) is 0 Å². The Hall–Kier alpha value is -2.82. The van der Waals surface area contributed by atoms with Crippen LogP contribution in [0.3, 0.4) is 0 Å². The van der Waals surface area contributed by atoms with Gasteiger partial charge in [0.05, 0.1) is 17.5 Å². The molecule has 1 heterocycles. The van der Waals surface area contributed by atoms with Crippen molar-refractivity contribution in [2.45, 2.75) is 52.5 Å². The first-order valence-corrected chi connectivity index (χ1v) is 9.77. The molecular weight excluding hydrogens is 350 g/mol. The first kappa shape index (κ1) is 19.9. The largest absolute Gasteiger partial charge is 0.478 e. The van der Waals surface area contributed by atoms with Gasteiger partial charge in [0.15, 0.2) is 0 Å². The maximum atomic E-state index is 10.9. The number of hydrogen-bond acceptors (Lipinski definition) is 4. The summed E-state index contributed by atoms with van der Waals surface area (Å²) in [5.41, 5.74) is 9.14. The fourth-order valence-electron chi connectivity index (χ4n) is 4.25. The summed E-state index contributed by atoms with van der Waals surface area (Å²) in [5, 5.41) is 13.3. The van der Waals surface area contributed by atoms with Crippen molar-refractivity contribution in [3.05, 3.63) is 58.7 Å². The Morgan fingerprint density at radius 1 is 1.32 bits per heavy atom. The molecule has 0 aliphatic carbocycles. The highest BCUT2D eigenvalue weighted by Gasteiger charge is 2.35. The number of hydrazone groups is 1. The smallest absolute Gasteiger partial charge is 0.335 e. The molecule has 2 aromatic carbocycles. The molecule has 0 aromatic heterocycles. The lowest BCUT2D eigenvalue weighted by molar-refractivity contribution is 0.0697. The lowest BCUT2D eigenvalue weighted by Gasteiger charge is -2.47. The Morgan fingerprint density at radius 2 is 2.00 bits per heavy atom. The Balaban J connectivity index is 1.83. The van der Waals surface area contributed by atoms with Crippen LogP contribution in [0.25, 0.3) is 0 Å². The van der Waals surface area contributed by atoms with Crippen LogP contribution in [0.15, 0.2) is 41.5 Å². The number of carboxylic acids is 1. The lowest BCUT2D eigenvalue weighted by atomic mass is 9.79. The highest BCUT2D eigenvalue weighted by Crippen LogP contribution is 2.43. The van der Waals surface area contributed by atoms with Crippen molar-refractivity contribution < 1.29 is 9.90 Å². The van der Waals surface area contributed by atoms with Crippen molar-refractivity contribution >= 4 is 23.6 Å². The molecule has 0 radical (unpaired) electrons. The summed E-state index contributed by atoms with van der Waals surface area (Å²) < 4.78 is 0. The second-order valence-electron chi connectivity index (χ2n) is 8.18. The van der Waals surface area contributed by atoms with Gasteiger partial charge in [-0.3, -0.25) is 5.43 Å². The van der Waals surface area contributed by atoms with E-state index in [1.165, 1.54) is 16.8 Å². The van der Waals surface area contributed by atoms with Crippen LogP contribution in [0.4, 0.5) is 11.4 Å². The summed E-state index contributed by atoms with van der Waals surface area (Å²) in [6.45, 7) is 12.3. The quantitative estimate of drug-likeness (QED) is 0.550. The molecule has 2 N–H and O–H groups in total. The van der Waals surface area contributed by atoms with Gasteiger partial charge in [-0.1, -0.05) is 6.92 Å². The molecule has 1 aliphatic heterocycles. The molecule has 3 rings (SSSR count). The van der Waals surface area contributed by atoms with Gasteiger partial charge >= 0.3 is 5.97 Å². The van der Waals surface area contributed by atoms with Crippen LogP contribution in [0.5, 0.6) is 0 Å². The van der Waals surface area contributed by atoms with Crippen molar-refractivity contribution in [2.24, 2.45) is 5.10 Å². The highest BCUT2D eigenvalue weighted by molar-refractivity contribution is 5.88. The van der Waals surface area contributed by atoms with Crippen LogP contribution < -0.4 is 10.3 Å². The molecule has 0 bridgehead atoms. The minimum absolute atomic E-state index is 0.160. The van der Waals surface area contributed by atoms with Crippen LogP contribution >= 0.6 is 0 Å². The van der Waals surface area contributed by atoms with Crippen LogP contribution in [0.1, 0.15) is 67.1 Å². The maximum absolute atomic E-state index is 10.9. The highest BCUT2D eigenvalue weighted by atomic mass is 16.4. The normalized spacial score (nSPS) is 18.2. The summed E-state index contributed by atoms with van der Waals surface area (Å²) in [4.78, 5) is 13.4. The predicted molar refractivity (Wildman–Crippen MR) is 116 cm³/mol. The van der Waals surface area contributed by atoms with Gasteiger partial charge < -0.3 is 10.0 Å². The topological polar surface area (TPSA) is 64.9 Å². The van der Waals surface area contributed by atoms with Gasteiger partial charge in [0.1, 0.15) is 0 Å². The average Bonchev–Trinajstić information content (AvgIpc) is 2.62. The van der Waals surface area contributed by atoms with E-state index in [4.69, 9.17) is 5.11 Å². The Morgan fingerprint density at radius 3 is 2.61 bits per heavy atom. The molecular formula is C23H29N3O2. The summed E-state index contributed by atoms with van der Waals surface area (Å²) in [6, 6.07) is 11.1. The standard InChI is InChI=1S/C23H29N3O2/c1-6-26-21-11-15(2)18(12-20(21)16(3)13-23(26,4)5)14-24-25-19-9-7-17(8-10-19)22(27)28/h7-12,14,16,25H,6,13H2,1-5H3,(H,27,28)/b24-14+/t16-/m0/s1. The van der Waals surface area contributed by atoms with Gasteiger partial charge in [0, 0.05) is 17.8 Å². The number of aromatic carboxylic acids is 1. The van der Waals surface area contributed by atoms with E-state index in [1.54, 1.807) is 24.3 Å². The van der Waals surface area contributed by atoms with E-state index < -0.39 is 5.97 Å². The van der Waals surface area contributed by atoms with E-state index in [2.05, 4.69) is 62.2 Å². The molecule has 0 amide bonds. The molecule has 0 saturated carbocycles. The average molecular weight is 380 g/mol. The molecule has 0 fully saturated rings. The summed E-state index contributed by atoms with van der Waals surface area (Å²) in [6.07, 6.45) is 2.96. The number of rotatable bonds is 5. The van der Waals surface area contributed by atoms with Crippen molar-refractivity contribution in [2.75, 3.05) is 16.9 Å². The van der Waals surface area contributed by atoms with Crippen molar-refractivity contribution in [3.63, 3.8) is 0 Å². The third-order valence-electron chi connectivity index (χ3n) is 5.62. The van der Waals surface area contributed by atoms with Gasteiger partial charge in [-0.25, -0.2) is 4.79 Å². The molecule has 1 aliphatic rings. The summed E-state index contributed by atoms with van der Waals surface area (Å²) in [7, 11) is 0. The minimum atomic E-state index is -0.932. The first-order valence-electron chi connectivity index (χ1n) is 9.77. The van der Waals surface area contributed by atoms with E-state index >= 15 is 0 Å². The molecule has 5 nitrogen and oxygen atoms in total. The number of fused-ring (bicyclic) bond motifs is 1. The number of anilines is 2. The van der Waals surface area contributed by atoms with Crippen LogP contribution in [0.2, 0.25) is 0 Å². The lowest BCUT2D eigenvalue weighted by Crippen LogP contribution is -2.48. The predicted octanol–water partition coefficient (Wildman–Crippen LogP) is 5.25. The molecule has 0 unspecified atom stereocenters. The molecule has 5 heteroatoms. The number of hydrogen-bond donors (Lipinski definition) is 2. The molecule has 2 aromatic rings. The Labute approximate surface area is 167 Å². The molecule has 28 heavy (non-hydrogen) atoms. The second-order valence-corrected chi connectivity index (χ2v) is 8.18. The van der Waals surface area contributed by atoms with E-state index in [0.29, 0.717) is 5.92 Å². The van der Waals surface area contributed by atoms with Crippen molar-refractivity contribution in [1.82, 2.24) is 0 Å². The number of benzene rings is 2. The van der Waals surface area contributed by atoms with Crippen LogP contribution in [0, 0.1) is 6.92 Å². The SMILES string of the molecule is CCN1c2cc(C)c(/C=N/Nc3ccc(C(=O)O)cc3)cc2[C@@H](C)CC1(C)C. The number of aryl methyl sites for hydroxylation is 1. The van der Waals surface area contributed by atoms with Gasteiger partial charge in [-0.05, 0) is 93.1 Å². The van der Waals surface area contributed by atoms with E-state index in [-0.39, 0.29) is 11.1 Å². The van der Waals surface area contributed by atoms with Crippen molar-refractivity contribution in [1.29, 1.82) is 0 Å². The first-order chi connectivity index (χ1) is 13.2. The van der Waals surface area contributed by atoms with Crippen LogP contribution in [-0.4, -0.2) is 29.4 Å². The molecule has 1 atom stereocenters. The zero-order valence-corrected chi connectivity index (χ0v) is 17.3. The maximum Gasteiger partial charge on any atom is 0.335 e. The number of nitrogens with one attached hydrogen (secondary N) is 1. The van der Waals surface area contributed by atoms with E-state index in [1.807, 2.05) is 6.21 Å². The zero-order chi connectivity index (χ0) is 20.5. The molecule has 0 spiro atoms. The van der Waals surface area contributed by atoms with Gasteiger partial charge in [-0.15, -0.1) is 0 Å². The number of nitrogens with zero attached hydrogens (tertiary/aromatic N) is 2. The number of carbonyl (C=O) groups is 1. The Bertz CT molecular complexity index is 901. The summed E-state index contributed by atoms with van der Waals surface area (Å²) in [5.74, 6) is -0.435. The van der Waals surface area contributed by atoms with Crippen molar-refractivity contribution in [3.8, 4) is 0 Å². The number of carboxylic acid groups (broad SMARTS) is 1. The van der Waals surface area contributed by atoms with E-state index in [0.717, 1.165) is 24.2 Å². The van der Waals surface area contributed by atoms with Crippen LogP contribution in [-0.2, 0) is 0 Å². The minimum Gasteiger partial charge on any atom is -0.478 e. The summed E-state index contributed by atoms with van der Waals surface area (Å²) >= 11 is 0. The van der Waals surface area contributed by atoms with E-state index in [9.17, 15) is 4.79 Å². The fourth-order valence-corrected chi connectivity index (χ4v) is 4.25. The molecule has 0 saturated heterocycles. The molecule has 148 valence electrons. The van der Waals surface area contributed by atoms with Gasteiger partial charge in [0.25, 0.3) is 0 Å². The second kappa shape index (κ2) is 7.66. The monoisotopic (exact) mass is 379 g/mol.